The van der Waals surface area contributed by atoms with Crippen LogP contribution in [0.5, 0.6) is 11.8 Å². The Morgan fingerprint density at radius 1 is 1.42 bits per heavy atom. The topological polar surface area (TPSA) is 65.7 Å². The molecule has 5 nitrogen and oxygen atoms in total. The van der Waals surface area contributed by atoms with Crippen molar-refractivity contribution >= 4 is 29.4 Å². The van der Waals surface area contributed by atoms with E-state index in [1.165, 1.54) is 22.4 Å². The maximum absolute atomic E-state index is 12.0. The third kappa shape index (κ3) is 2.53. The number of amides is 1. The molecule has 1 aliphatic rings. The molecule has 0 aliphatic carbocycles. The van der Waals surface area contributed by atoms with Crippen LogP contribution in [0.2, 0.25) is 0 Å². The Balaban J connectivity index is 2.27. The number of hydrogen-bond acceptors (Lipinski definition) is 5. The van der Waals surface area contributed by atoms with Crippen LogP contribution in [0.15, 0.2) is 11.0 Å². The number of rotatable bonds is 4. The summed E-state index contributed by atoms with van der Waals surface area (Å²) >= 11 is 3.03. The van der Waals surface area contributed by atoms with E-state index in [1.54, 1.807) is 16.7 Å². The zero-order chi connectivity index (χ0) is 14.2. The molecule has 2 unspecified atom stereocenters. The van der Waals surface area contributed by atoms with Gasteiger partial charge in [0.1, 0.15) is 6.17 Å². The van der Waals surface area contributed by atoms with Gasteiger partial charge < -0.3 is 15.1 Å². The van der Waals surface area contributed by atoms with Crippen molar-refractivity contribution in [3.05, 3.63) is 6.07 Å². The monoisotopic (exact) mass is 302 g/mol. The molecule has 0 spiro atoms. The van der Waals surface area contributed by atoms with Crippen molar-refractivity contribution in [3.8, 4) is 11.8 Å². The van der Waals surface area contributed by atoms with Gasteiger partial charge in [-0.1, -0.05) is 0 Å². The van der Waals surface area contributed by atoms with E-state index in [4.69, 9.17) is 0 Å². The van der Waals surface area contributed by atoms with E-state index in [-0.39, 0.29) is 29.1 Å². The summed E-state index contributed by atoms with van der Waals surface area (Å²) < 4.78 is 1.40. The largest absolute Gasteiger partial charge is 0.494 e. The van der Waals surface area contributed by atoms with Crippen LogP contribution in [-0.2, 0) is 4.79 Å². The molecule has 0 aromatic carbocycles. The van der Waals surface area contributed by atoms with Crippen molar-refractivity contribution < 1.29 is 15.0 Å². The minimum atomic E-state index is -0.384. The standard InChI is InChI=1S/C12H18N2O3S2/c1-7(13-6-8(18-2)4-10(13)15)14-11(16)5-9(19-3)12(14)17/h5,7-8,16-17H,4,6H2,1-3H3. The highest BCUT2D eigenvalue weighted by molar-refractivity contribution is 7.99. The zero-order valence-corrected chi connectivity index (χ0v) is 12.8. The van der Waals surface area contributed by atoms with Crippen molar-refractivity contribution in [2.75, 3.05) is 19.1 Å². The molecule has 1 saturated heterocycles. The van der Waals surface area contributed by atoms with Crippen molar-refractivity contribution in [2.24, 2.45) is 0 Å². The van der Waals surface area contributed by atoms with E-state index in [2.05, 4.69) is 0 Å². The molecule has 19 heavy (non-hydrogen) atoms. The van der Waals surface area contributed by atoms with Crippen LogP contribution in [0.4, 0.5) is 0 Å². The lowest BCUT2D eigenvalue weighted by atomic mass is 10.4. The van der Waals surface area contributed by atoms with E-state index >= 15 is 0 Å². The Kier molecular flexibility index (Phi) is 4.25. The first-order valence-electron chi connectivity index (χ1n) is 5.99. The lowest BCUT2D eigenvalue weighted by molar-refractivity contribution is -0.131. The van der Waals surface area contributed by atoms with Gasteiger partial charge in [-0.15, -0.1) is 11.8 Å². The van der Waals surface area contributed by atoms with Gasteiger partial charge in [-0.2, -0.15) is 11.8 Å². The van der Waals surface area contributed by atoms with Crippen LogP contribution < -0.4 is 0 Å². The summed E-state index contributed by atoms with van der Waals surface area (Å²) in [7, 11) is 0. The van der Waals surface area contributed by atoms with Crippen LogP contribution in [0.1, 0.15) is 19.5 Å². The van der Waals surface area contributed by atoms with Gasteiger partial charge >= 0.3 is 0 Å². The van der Waals surface area contributed by atoms with Crippen LogP contribution in [0.3, 0.4) is 0 Å². The van der Waals surface area contributed by atoms with Crippen LogP contribution in [0, 0.1) is 0 Å². The van der Waals surface area contributed by atoms with Gasteiger partial charge in [-0.3, -0.25) is 9.36 Å². The molecule has 0 bridgehead atoms. The summed E-state index contributed by atoms with van der Waals surface area (Å²) in [5.41, 5.74) is 0. The first-order chi connectivity index (χ1) is 8.99. The molecule has 1 aromatic rings. The summed E-state index contributed by atoms with van der Waals surface area (Å²) in [5.74, 6) is 0.0534. The number of aromatic hydroxyl groups is 2. The minimum Gasteiger partial charge on any atom is -0.494 e. The van der Waals surface area contributed by atoms with Gasteiger partial charge in [0.2, 0.25) is 11.8 Å². The average Bonchev–Trinajstić information content (AvgIpc) is 2.89. The Labute approximate surface area is 121 Å². The lowest BCUT2D eigenvalue weighted by Gasteiger charge is -2.27. The van der Waals surface area contributed by atoms with Gasteiger partial charge in [0.25, 0.3) is 0 Å². The fourth-order valence-corrected chi connectivity index (χ4v) is 3.48. The number of carbonyl (C=O) groups is 1. The van der Waals surface area contributed by atoms with E-state index in [9.17, 15) is 15.0 Å². The number of hydrogen-bond donors (Lipinski definition) is 2. The van der Waals surface area contributed by atoms with E-state index in [0.717, 1.165) is 0 Å². The van der Waals surface area contributed by atoms with Gasteiger partial charge in [0.15, 0.2) is 5.88 Å². The fraction of sp³-hybridized carbons (Fsp3) is 0.583. The molecule has 1 aromatic heterocycles. The second-order valence-electron chi connectivity index (χ2n) is 4.50. The molecular formula is C12H18N2O3S2. The van der Waals surface area contributed by atoms with E-state index < -0.39 is 0 Å². The van der Waals surface area contributed by atoms with Crippen LogP contribution >= 0.6 is 23.5 Å². The van der Waals surface area contributed by atoms with Crippen molar-refractivity contribution in [1.82, 2.24) is 9.47 Å². The number of carbonyl (C=O) groups excluding carboxylic acids is 1. The van der Waals surface area contributed by atoms with Gasteiger partial charge in [-0.25, -0.2) is 0 Å². The third-order valence-electron chi connectivity index (χ3n) is 3.46. The zero-order valence-electron chi connectivity index (χ0n) is 11.2. The second-order valence-corrected chi connectivity index (χ2v) is 6.49. The lowest BCUT2D eigenvalue weighted by Crippen LogP contribution is -2.32. The molecule has 0 radical (unpaired) electrons. The molecule has 106 valence electrons. The maximum atomic E-state index is 12.0. The van der Waals surface area contributed by atoms with Crippen LogP contribution in [-0.4, -0.2) is 49.9 Å². The normalized spacial score (nSPS) is 21.1. The SMILES string of the molecule is CSc1cc(O)n(C(C)N2CC(SC)CC2=O)c1O. The molecule has 0 saturated carbocycles. The van der Waals surface area contributed by atoms with Gasteiger partial charge in [0.05, 0.1) is 4.90 Å². The van der Waals surface area contributed by atoms with Crippen molar-refractivity contribution in [1.29, 1.82) is 0 Å². The first-order valence-corrected chi connectivity index (χ1v) is 8.50. The Bertz CT molecular complexity index is 490. The highest BCUT2D eigenvalue weighted by atomic mass is 32.2. The van der Waals surface area contributed by atoms with Crippen molar-refractivity contribution in [2.45, 2.75) is 29.7 Å². The molecule has 2 atom stereocenters. The Morgan fingerprint density at radius 3 is 2.58 bits per heavy atom. The fourth-order valence-electron chi connectivity index (χ4n) is 2.35. The molecule has 1 aliphatic heterocycles. The summed E-state index contributed by atoms with van der Waals surface area (Å²) in [6, 6.07) is 1.52. The molecular weight excluding hydrogens is 284 g/mol. The summed E-state index contributed by atoms with van der Waals surface area (Å²) in [6.07, 6.45) is 3.95. The number of thioether (sulfide) groups is 2. The summed E-state index contributed by atoms with van der Waals surface area (Å²) in [4.78, 5) is 14.3. The average molecular weight is 302 g/mol. The van der Waals surface area contributed by atoms with Gasteiger partial charge in [-0.05, 0) is 19.4 Å². The number of likely N-dealkylation sites (tertiary alicyclic amines) is 1. The van der Waals surface area contributed by atoms with E-state index in [0.29, 0.717) is 17.9 Å². The maximum Gasteiger partial charge on any atom is 0.225 e. The highest BCUT2D eigenvalue weighted by Crippen LogP contribution is 2.39. The van der Waals surface area contributed by atoms with E-state index in [1.807, 2.05) is 19.4 Å². The first kappa shape index (κ1) is 14.5. The predicted molar refractivity (Wildman–Crippen MR) is 77.9 cm³/mol. The Morgan fingerprint density at radius 2 is 2.11 bits per heavy atom. The Hall–Kier alpha value is -0.950. The molecule has 7 heteroatoms. The molecule has 1 amide bonds. The number of nitrogens with zero attached hydrogens (tertiary/aromatic N) is 2. The molecule has 2 N–H and O–H groups in total. The highest BCUT2D eigenvalue weighted by Gasteiger charge is 2.34. The summed E-state index contributed by atoms with van der Waals surface area (Å²) in [6.45, 7) is 2.46. The number of aromatic nitrogens is 1. The van der Waals surface area contributed by atoms with Crippen LogP contribution in [0.25, 0.3) is 0 Å². The smallest absolute Gasteiger partial charge is 0.225 e. The van der Waals surface area contributed by atoms with Gasteiger partial charge in [0, 0.05) is 24.3 Å². The second kappa shape index (κ2) is 5.58. The quantitative estimate of drug-likeness (QED) is 0.834. The molecule has 1 fully saturated rings. The molecule has 2 rings (SSSR count). The molecule has 2 heterocycles. The predicted octanol–water partition coefficient (Wildman–Crippen LogP) is 2.10. The summed E-state index contributed by atoms with van der Waals surface area (Å²) in [5, 5.41) is 20.3. The van der Waals surface area contributed by atoms with Crippen molar-refractivity contribution in [3.63, 3.8) is 0 Å². The third-order valence-corrected chi connectivity index (χ3v) is 5.18. The minimum absolute atomic E-state index is 0.0119.